The van der Waals surface area contributed by atoms with Crippen LogP contribution in [0.5, 0.6) is 0 Å². The average molecular weight is 296 g/mol. The van der Waals surface area contributed by atoms with Gasteiger partial charge in [-0.25, -0.2) is 0 Å². The Kier molecular flexibility index (Phi) is 6.21. The first-order chi connectivity index (χ1) is 9.95. The van der Waals surface area contributed by atoms with Crippen molar-refractivity contribution in [1.29, 1.82) is 0 Å². The van der Waals surface area contributed by atoms with Crippen LogP contribution in [0, 0.1) is 15.0 Å². The number of nitro groups is 1. The lowest BCUT2D eigenvalue weighted by atomic mass is 10.1. The Balaban J connectivity index is 2.47. The van der Waals surface area contributed by atoms with Gasteiger partial charge in [-0.15, -0.1) is 4.91 Å². The number of rotatable bonds is 9. The number of anilines is 1. The third-order valence-corrected chi connectivity index (χ3v) is 2.87. The minimum absolute atomic E-state index is 0.0357. The molecule has 0 heterocycles. The number of benzene rings is 1. The van der Waals surface area contributed by atoms with E-state index >= 15 is 0 Å². The molecule has 1 unspecified atom stereocenters. The molecule has 0 aromatic heterocycles. The van der Waals surface area contributed by atoms with Crippen molar-refractivity contribution in [2.24, 2.45) is 10.9 Å². The maximum Gasteiger partial charge on any atom is 0.320 e. The van der Waals surface area contributed by atoms with Crippen LogP contribution in [0.3, 0.4) is 0 Å². The molecule has 0 aliphatic rings. The summed E-state index contributed by atoms with van der Waals surface area (Å²) >= 11 is 0. The van der Waals surface area contributed by atoms with Crippen LogP contribution in [-0.4, -0.2) is 28.6 Å². The Bertz CT molecular complexity index is 534. The van der Waals surface area contributed by atoms with E-state index in [1.54, 1.807) is 0 Å². The van der Waals surface area contributed by atoms with E-state index in [1.165, 1.54) is 12.1 Å². The number of carboxylic acids is 1. The fourth-order valence-corrected chi connectivity index (χ4v) is 1.69. The molecular weight excluding hydrogens is 280 g/mol. The zero-order valence-corrected chi connectivity index (χ0v) is 11.2. The van der Waals surface area contributed by atoms with Crippen LogP contribution in [0.25, 0.3) is 0 Å². The Morgan fingerprint density at radius 3 is 2.76 bits per heavy atom. The maximum absolute atomic E-state index is 10.7. The molecule has 0 aliphatic heterocycles. The number of non-ortho nitro benzene ring substituents is 1. The summed E-state index contributed by atoms with van der Waals surface area (Å²) < 4.78 is 0. The van der Waals surface area contributed by atoms with Crippen LogP contribution in [0.4, 0.5) is 17.1 Å². The van der Waals surface area contributed by atoms with Crippen LogP contribution in [0.15, 0.2) is 23.4 Å². The molecule has 1 aromatic rings. The molecule has 0 aliphatic carbocycles. The van der Waals surface area contributed by atoms with E-state index < -0.39 is 16.9 Å². The number of carbonyl (C=O) groups is 1. The Hall–Kier alpha value is -2.55. The first-order valence-corrected chi connectivity index (χ1v) is 6.29. The topological polar surface area (TPSA) is 148 Å². The summed E-state index contributed by atoms with van der Waals surface area (Å²) in [6.07, 6.45) is 1.61. The number of aliphatic carboxylic acids is 1. The zero-order valence-electron chi connectivity index (χ0n) is 11.2. The summed E-state index contributed by atoms with van der Waals surface area (Å²) in [5, 5.41) is 24.9. The molecule has 1 aromatic carbocycles. The predicted molar refractivity (Wildman–Crippen MR) is 76.5 cm³/mol. The SMILES string of the molecule is NC(CCCCNc1ccc([N+](=O)[O-])cc1N=O)C(=O)O. The average Bonchev–Trinajstić information content (AvgIpc) is 2.46. The highest BCUT2D eigenvalue weighted by atomic mass is 16.6. The highest BCUT2D eigenvalue weighted by Crippen LogP contribution is 2.29. The van der Waals surface area contributed by atoms with Gasteiger partial charge in [0, 0.05) is 18.7 Å². The number of hydrogen-bond donors (Lipinski definition) is 3. The molecule has 9 heteroatoms. The van der Waals surface area contributed by atoms with Gasteiger partial charge in [-0.1, -0.05) is 0 Å². The Morgan fingerprint density at radius 1 is 1.48 bits per heavy atom. The lowest BCUT2D eigenvalue weighted by molar-refractivity contribution is -0.384. The fraction of sp³-hybridized carbons (Fsp3) is 0.417. The van der Waals surface area contributed by atoms with E-state index in [-0.39, 0.29) is 11.4 Å². The van der Waals surface area contributed by atoms with Crippen molar-refractivity contribution in [1.82, 2.24) is 0 Å². The van der Waals surface area contributed by atoms with E-state index in [2.05, 4.69) is 10.5 Å². The summed E-state index contributed by atoms with van der Waals surface area (Å²) in [5.41, 5.74) is 5.52. The van der Waals surface area contributed by atoms with Gasteiger partial charge in [0.2, 0.25) is 0 Å². The summed E-state index contributed by atoms with van der Waals surface area (Å²) in [4.78, 5) is 31.1. The first kappa shape index (κ1) is 16.5. The van der Waals surface area contributed by atoms with Gasteiger partial charge in [0.25, 0.3) is 5.69 Å². The van der Waals surface area contributed by atoms with Gasteiger partial charge in [0.15, 0.2) is 0 Å². The van der Waals surface area contributed by atoms with E-state index in [1.807, 2.05) is 0 Å². The molecule has 1 rings (SSSR count). The van der Waals surface area contributed by atoms with Crippen molar-refractivity contribution >= 4 is 23.0 Å². The van der Waals surface area contributed by atoms with Gasteiger partial charge in [0.05, 0.1) is 10.6 Å². The van der Waals surface area contributed by atoms with Crippen molar-refractivity contribution in [2.45, 2.75) is 25.3 Å². The lowest BCUT2D eigenvalue weighted by Gasteiger charge is -2.09. The molecule has 114 valence electrons. The molecule has 0 fully saturated rings. The summed E-state index contributed by atoms with van der Waals surface area (Å²) in [6.45, 7) is 0.479. The second-order valence-corrected chi connectivity index (χ2v) is 4.42. The van der Waals surface area contributed by atoms with Crippen molar-refractivity contribution in [2.75, 3.05) is 11.9 Å². The van der Waals surface area contributed by atoms with Crippen molar-refractivity contribution in [3.63, 3.8) is 0 Å². The number of nitrogens with two attached hydrogens (primary N) is 1. The minimum Gasteiger partial charge on any atom is -0.480 e. The Labute approximate surface area is 120 Å². The van der Waals surface area contributed by atoms with Crippen LogP contribution in [0.2, 0.25) is 0 Å². The molecule has 21 heavy (non-hydrogen) atoms. The minimum atomic E-state index is -1.04. The fourth-order valence-electron chi connectivity index (χ4n) is 1.69. The number of unbranched alkanes of at least 4 members (excludes halogenated alkanes) is 1. The molecule has 0 amide bonds. The first-order valence-electron chi connectivity index (χ1n) is 6.29. The van der Waals surface area contributed by atoms with E-state index in [0.717, 1.165) is 6.07 Å². The second-order valence-electron chi connectivity index (χ2n) is 4.42. The Morgan fingerprint density at radius 2 is 2.19 bits per heavy atom. The number of nitro benzene ring substituents is 1. The van der Waals surface area contributed by atoms with Crippen LogP contribution >= 0.6 is 0 Å². The van der Waals surface area contributed by atoms with E-state index in [9.17, 15) is 19.8 Å². The molecule has 9 nitrogen and oxygen atoms in total. The highest BCUT2D eigenvalue weighted by molar-refractivity contribution is 5.73. The van der Waals surface area contributed by atoms with Gasteiger partial charge < -0.3 is 16.2 Å². The van der Waals surface area contributed by atoms with E-state index in [0.29, 0.717) is 31.5 Å². The number of carboxylic acid groups (broad SMARTS) is 1. The second kappa shape index (κ2) is 7.90. The number of nitrogens with zero attached hydrogens (tertiary/aromatic N) is 2. The number of nitroso groups, excluding NO2 is 1. The van der Waals surface area contributed by atoms with Crippen molar-refractivity contribution < 1.29 is 14.8 Å². The largest absolute Gasteiger partial charge is 0.480 e. The molecule has 0 spiro atoms. The smallest absolute Gasteiger partial charge is 0.320 e. The van der Waals surface area contributed by atoms with Crippen LogP contribution in [0.1, 0.15) is 19.3 Å². The van der Waals surface area contributed by atoms with E-state index in [4.69, 9.17) is 10.8 Å². The molecule has 0 radical (unpaired) electrons. The number of nitrogens with one attached hydrogen (secondary N) is 1. The van der Waals surface area contributed by atoms with Gasteiger partial charge in [0.1, 0.15) is 11.7 Å². The van der Waals surface area contributed by atoms with Crippen molar-refractivity contribution in [3.8, 4) is 0 Å². The van der Waals surface area contributed by atoms with Crippen LogP contribution in [-0.2, 0) is 4.79 Å². The zero-order chi connectivity index (χ0) is 15.8. The number of hydrogen-bond acceptors (Lipinski definition) is 7. The van der Waals surface area contributed by atoms with Gasteiger partial charge in [-0.05, 0) is 30.5 Å². The third kappa shape index (κ3) is 5.15. The highest BCUT2D eigenvalue weighted by Gasteiger charge is 2.12. The summed E-state index contributed by atoms with van der Waals surface area (Å²) in [7, 11) is 0. The summed E-state index contributed by atoms with van der Waals surface area (Å²) in [6, 6.07) is 2.90. The third-order valence-electron chi connectivity index (χ3n) is 2.87. The van der Waals surface area contributed by atoms with Crippen molar-refractivity contribution in [3.05, 3.63) is 33.2 Å². The molecule has 0 saturated carbocycles. The maximum atomic E-state index is 10.7. The predicted octanol–water partition coefficient (Wildman–Crippen LogP) is 1.99. The lowest BCUT2D eigenvalue weighted by Crippen LogP contribution is -2.29. The standard InChI is InChI=1S/C12H16N4O5/c13-9(12(17)18)3-1-2-6-14-10-5-4-8(16(20)21)7-11(10)15-19/h4-5,7,9,14H,1-3,6,13H2,(H,17,18). The molecule has 0 bridgehead atoms. The molecular formula is C12H16N4O5. The monoisotopic (exact) mass is 296 g/mol. The normalized spacial score (nSPS) is 11.7. The molecule has 1 atom stereocenters. The molecule has 0 saturated heterocycles. The summed E-state index contributed by atoms with van der Waals surface area (Å²) in [5.74, 6) is -1.04. The van der Waals surface area contributed by atoms with Crippen LogP contribution < -0.4 is 11.1 Å². The van der Waals surface area contributed by atoms with Gasteiger partial charge >= 0.3 is 5.97 Å². The molecule has 4 N–H and O–H groups in total. The quantitative estimate of drug-likeness (QED) is 0.273. The van der Waals surface area contributed by atoms with Gasteiger partial charge in [-0.3, -0.25) is 14.9 Å². The van der Waals surface area contributed by atoms with Gasteiger partial charge in [-0.2, -0.15) is 0 Å².